The van der Waals surface area contributed by atoms with Crippen LogP contribution >= 0.6 is 11.6 Å². The summed E-state index contributed by atoms with van der Waals surface area (Å²) in [6, 6.07) is 5.57. The number of halogens is 1. The number of carbonyl (C=O) groups is 2. The number of likely N-dealkylation sites (tertiary alicyclic amines) is 1. The van der Waals surface area contributed by atoms with Gasteiger partial charge in [0.25, 0.3) is 0 Å². The molecular weight excluding hydrogens is 288 g/mol. The summed E-state index contributed by atoms with van der Waals surface area (Å²) in [7, 11) is 0. The highest BCUT2D eigenvalue weighted by molar-refractivity contribution is 6.31. The maximum Gasteiger partial charge on any atom is 0.229 e. The van der Waals surface area contributed by atoms with Crippen LogP contribution in [0.2, 0.25) is 5.02 Å². The Morgan fingerprint density at radius 1 is 1.52 bits per heavy atom. The number of aryl methyl sites for hydroxylation is 1. The smallest absolute Gasteiger partial charge is 0.229 e. The Morgan fingerprint density at radius 3 is 2.90 bits per heavy atom. The minimum absolute atomic E-state index is 0.0623. The summed E-state index contributed by atoms with van der Waals surface area (Å²) in [5, 5.41) is 3.47. The average molecular weight is 309 g/mol. The molecule has 1 N–H and O–H groups in total. The second kappa shape index (κ2) is 6.48. The molecule has 1 aliphatic rings. The number of rotatable bonds is 4. The van der Waals surface area contributed by atoms with Crippen molar-refractivity contribution in [3.8, 4) is 0 Å². The largest absolute Gasteiger partial charge is 0.339 e. The highest BCUT2D eigenvalue weighted by Gasteiger charge is 2.36. The van der Waals surface area contributed by atoms with E-state index in [0.29, 0.717) is 17.3 Å². The van der Waals surface area contributed by atoms with Gasteiger partial charge in [0.1, 0.15) is 0 Å². The lowest BCUT2D eigenvalue weighted by Crippen LogP contribution is -2.35. The van der Waals surface area contributed by atoms with E-state index >= 15 is 0 Å². The number of nitrogens with zero attached hydrogens (tertiary/aromatic N) is 1. The van der Waals surface area contributed by atoms with E-state index in [1.54, 1.807) is 17.0 Å². The standard InChI is InChI=1S/C16H21ClN2O2/c1-4-11(3)19-9-12(7-15(19)20)16(21)18-14-8-13(17)6-5-10(14)2/h5-6,8,11-12H,4,7,9H2,1-3H3,(H,18,21). The van der Waals surface area contributed by atoms with Crippen molar-refractivity contribution >= 4 is 29.1 Å². The first kappa shape index (κ1) is 15.8. The van der Waals surface area contributed by atoms with Crippen LogP contribution in [-0.2, 0) is 9.59 Å². The van der Waals surface area contributed by atoms with Gasteiger partial charge in [0, 0.05) is 29.7 Å². The molecule has 21 heavy (non-hydrogen) atoms. The van der Waals surface area contributed by atoms with Gasteiger partial charge in [-0.2, -0.15) is 0 Å². The van der Waals surface area contributed by atoms with Gasteiger partial charge in [-0.15, -0.1) is 0 Å². The second-order valence-electron chi connectivity index (χ2n) is 5.65. The van der Waals surface area contributed by atoms with Gasteiger partial charge in [-0.05, 0) is 38.0 Å². The van der Waals surface area contributed by atoms with Crippen molar-refractivity contribution in [2.75, 3.05) is 11.9 Å². The quantitative estimate of drug-likeness (QED) is 0.928. The molecule has 2 atom stereocenters. The molecule has 1 heterocycles. The molecule has 0 aliphatic carbocycles. The second-order valence-corrected chi connectivity index (χ2v) is 6.09. The van der Waals surface area contributed by atoms with Crippen molar-refractivity contribution in [2.45, 2.75) is 39.7 Å². The lowest BCUT2D eigenvalue weighted by molar-refractivity contribution is -0.129. The molecule has 1 aromatic rings. The Bertz CT molecular complexity index is 559. The molecule has 2 amide bonds. The van der Waals surface area contributed by atoms with Crippen LogP contribution in [0.1, 0.15) is 32.3 Å². The minimum Gasteiger partial charge on any atom is -0.339 e. The highest BCUT2D eigenvalue weighted by atomic mass is 35.5. The van der Waals surface area contributed by atoms with Crippen LogP contribution in [0, 0.1) is 12.8 Å². The Hall–Kier alpha value is -1.55. The highest BCUT2D eigenvalue weighted by Crippen LogP contribution is 2.25. The first-order valence-corrected chi connectivity index (χ1v) is 7.66. The van der Waals surface area contributed by atoms with Crippen molar-refractivity contribution in [1.29, 1.82) is 0 Å². The van der Waals surface area contributed by atoms with E-state index in [9.17, 15) is 9.59 Å². The van der Waals surface area contributed by atoms with Crippen LogP contribution in [0.3, 0.4) is 0 Å². The van der Waals surface area contributed by atoms with Gasteiger partial charge >= 0.3 is 0 Å². The molecule has 0 aromatic heterocycles. The SMILES string of the molecule is CCC(C)N1CC(C(=O)Nc2cc(Cl)ccc2C)CC1=O. The first-order valence-electron chi connectivity index (χ1n) is 7.28. The Kier molecular flexibility index (Phi) is 4.88. The van der Waals surface area contributed by atoms with Crippen LogP contribution in [0.15, 0.2) is 18.2 Å². The number of nitrogens with one attached hydrogen (secondary N) is 1. The maximum absolute atomic E-state index is 12.3. The van der Waals surface area contributed by atoms with Gasteiger partial charge in [-0.25, -0.2) is 0 Å². The summed E-state index contributed by atoms with van der Waals surface area (Å²) < 4.78 is 0. The predicted molar refractivity (Wildman–Crippen MR) is 84.4 cm³/mol. The topological polar surface area (TPSA) is 49.4 Å². The fourth-order valence-electron chi connectivity index (χ4n) is 2.52. The molecule has 2 rings (SSSR count). The summed E-state index contributed by atoms with van der Waals surface area (Å²) in [5.74, 6) is -0.336. The molecule has 0 bridgehead atoms. The van der Waals surface area contributed by atoms with Crippen LogP contribution in [0.5, 0.6) is 0 Å². The molecule has 114 valence electrons. The third-order valence-corrected chi connectivity index (χ3v) is 4.34. The Labute approximate surface area is 130 Å². The fraction of sp³-hybridized carbons (Fsp3) is 0.500. The molecule has 0 spiro atoms. The van der Waals surface area contributed by atoms with Gasteiger partial charge in [-0.1, -0.05) is 24.6 Å². The van der Waals surface area contributed by atoms with Crippen molar-refractivity contribution in [2.24, 2.45) is 5.92 Å². The minimum atomic E-state index is -0.287. The van der Waals surface area contributed by atoms with Crippen molar-refractivity contribution in [3.63, 3.8) is 0 Å². The lowest BCUT2D eigenvalue weighted by atomic mass is 10.1. The Balaban J connectivity index is 2.05. The number of anilines is 1. The summed E-state index contributed by atoms with van der Waals surface area (Å²) in [4.78, 5) is 26.1. The lowest BCUT2D eigenvalue weighted by Gasteiger charge is -2.23. The number of hydrogen-bond acceptors (Lipinski definition) is 2. The van der Waals surface area contributed by atoms with Crippen molar-refractivity contribution in [1.82, 2.24) is 4.90 Å². The van der Waals surface area contributed by atoms with Crippen LogP contribution in [0.25, 0.3) is 0 Å². The Morgan fingerprint density at radius 2 is 2.24 bits per heavy atom. The van der Waals surface area contributed by atoms with Crippen molar-refractivity contribution < 1.29 is 9.59 Å². The van der Waals surface area contributed by atoms with E-state index in [-0.39, 0.29) is 30.2 Å². The third kappa shape index (κ3) is 3.56. The molecule has 0 radical (unpaired) electrons. The van der Waals surface area contributed by atoms with Gasteiger partial charge in [0.05, 0.1) is 5.92 Å². The van der Waals surface area contributed by atoms with Gasteiger partial charge in [0.2, 0.25) is 11.8 Å². The summed E-state index contributed by atoms with van der Waals surface area (Å²) in [6.07, 6.45) is 1.18. The summed E-state index contributed by atoms with van der Waals surface area (Å²) in [5.41, 5.74) is 1.66. The van der Waals surface area contributed by atoms with E-state index in [4.69, 9.17) is 11.6 Å². The molecular formula is C16H21ClN2O2. The van der Waals surface area contributed by atoms with E-state index in [1.165, 1.54) is 0 Å². The molecule has 5 heteroatoms. The van der Waals surface area contributed by atoms with E-state index < -0.39 is 0 Å². The zero-order valence-corrected chi connectivity index (χ0v) is 13.4. The van der Waals surface area contributed by atoms with Crippen molar-refractivity contribution in [3.05, 3.63) is 28.8 Å². The van der Waals surface area contributed by atoms with Crippen LogP contribution in [0.4, 0.5) is 5.69 Å². The average Bonchev–Trinajstić information content (AvgIpc) is 2.84. The predicted octanol–water partition coefficient (Wildman–Crippen LogP) is 3.23. The maximum atomic E-state index is 12.3. The molecule has 1 fully saturated rings. The van der Waals surface area contributed by atoms with Crippen LogP contribution < -0.4 is 5.32 Å². The number of carbonyl (C=O) groups excluding carboxylic acids is 2. The van der Waals surface area contributed by atoms with Gasteiger partial charge < -0.3 is 10.2 Å². The third-order valence-electron chi connectivity index (χ3n) is 4.11. The summed E-state index contributed by atoms with van der Waals surface area (Å²) >= 11 is 5.95. The molecule has 2 unspecified atom stereocenters. The molecule has 1 aromatic carbocycles. The molecule has 4 nitrogen and oxygen atoms in total. The normalized spacial score (nSPS) is 19.7. The van der Waals surface area contributed by atoms with E-state index in [1.807, 2.05) is 26.8 Å². The molecule has 1 saturated heterocycles. The monoisotopic (exact) mass is 308 g/mol. The number of amides is 2. The van der Waals surface area contributed by atoms with E-state index in [2.05, 4.69) is 5.32 Å². The fourth-order valence-corrected chi connectivity index (χ4v) is 2.69. The van der Waals surface area contributed by atoms with Gasteiger partial charge in [-0.3, -0.25) is 9.59 Å². The van der Waals surface area contributed by atoms with Crippen LogP contribution in [-0.4, -0.2) is 29.3 Å². The number of benzene rings is 1. The zero-order chi connectivity index (χ0) is 15.6. The summed E-state index contributed by atoms with van der Waals surface area (Å²) in [6.45, 7) is 6.47. The van der Waals surface area contributed by atoms with Gasteiger partial charge in [0.15, 0.2) is 0 Å². The molecule has 1 aliphatic heterocycles. The van der Waals surface area contributed by atoms with E-state index in [0.717, 1.165) is 12.0 Å². The number of hydrogen-bond donors (Lipinski definition) is 1. The first-order chi connectivity index (χ1) is 9.92. The molecule has 0 saturated carbocycles. The zero-order valence-electron chi connectivity index (χ0n) is 12.6.